The molecule has 1 aromatic carbocycles. The molecular weight excluding hydrogens is 302 g/mol. The van der Waals surface area contributed by atoms with Crippen LogP contribution in [0.3, 0.4) is 0 Å². The van der Waals surface area contributed by atoms with Gasteiger partial charge in [-0.25, -0.2) is 9.78 Å². The highest BCUT2D eigenvalue weighted by molar-refractivity contribution is 5.75. The van der Waals surface area contributed by atoms with Gasteiger partial charge < -0.3 is 10.6 Å². The molecule has 1 heterocycles. The average molecular weight is 325 g/mol. The fourth-order valence-corrected chi connectivity index (χ4v) is 3.32. The lowest BCUT2D eigenvalue weighted by atomic mass is 10.1. The van der Waals surface area contributed by atoms with Crippen LogP contribution in [-0.4, -0.2) is 26.8 Å². The van der Waals surface area contributed by atoms with Crippen LogP contribution in [0.2, 0.25) is 0 Å². The largest absolute Gasteiger partial charge is 0.335 e. The Hall–Kier alpha value is -2.37. The van der Waals surface area contributed by atoms with Crippen molar-refractivity contribution in [1.82, 2.24) is 25.4 Å². The zero-order chi connectivity index (χ0) is 16.4. The number of urea groups is 1. The Bertz CT molecular complexity index is 652. The molecule has 4 rings (SSSR count). The molecule has 0 radical (unpaired) electrons. The Kier molecular flexibility index (Phi) is 4.19. The smallest absolute Gasteiger partial charge is 0.315 e. The van der Waals surface area contributed by atoms with Crippen LogP contribution in [0.4, 0.5) is 4.79 Å². The van der Waals surface area contributed by atoms with Gasteiger partial charge >= 0.3 is 6.03 Å². The van der Waals surface area contributed by atoms with E-state index in [1.165, 1.54) is 32.0 Å². The number of amides is 2. The summed E-state index contributed by atoms with van der Waals surface area (Å²) in [5.74, 6) is 1.38. The average Bonchev–Trinajstić information content (AvgIpc) is 3.53. The second-order valence-electron chi connectivity index (χ2n) is 6.90. The van der Waals surface area contributed by atoms with Crippen molar-refractivity contribution in [1.29, 1.82) is 0 Å². The highest BCUT2D eigenvalue weighted by atomic mass is 16.2. The lowest BCUT2D eigenvalue weighted by Crippen LogP contribution is -2.46. The summed E-state index contributed by atoms with van der Waals surface area (Å²) < 4.78 is 1.75. The molecule has 2 fully saturated rings. The lowest BCUT2D eigenvalue weighted by molar-refractivity contribution is 0.227. The van der Waals surface area contributed by atoms with E-state index in [9.17, 15) is 4.79 Å². The van der Waals surface area contributed by atoms with Crippen LogP contribution in [0.15, 0.2) is 43.0 Å². The molecule has 0 aliphatic heterocycles. The molecule has 24 heavy (non-hydrogen) atoms. The summed E-state index contributed by atoms with van der Waals surface area (Å²) in [5.41, 5.74) is 1.07. The summed E-state index contributed by atoms with van der Waals surface area (Å²) >= 11 is 0. The lowest BCUT2D eigenvalue weighted by Gasteiger charge is -2.23. The third-order valence-electron chi connectivity index (χ3n) is 4.90. The molecule has 6 heteroatoms. The molecule has 2 aromatic rings. The second kappa shape index (κ2) is 6.63. The zero-order valence-electron chi connectivity index (χ0n) is 13.6. The van der Waals surface area contributed by atoms with Crippen LogP contribution in [0, 0.1) is 11.8 Å². The van der Waals surface area contributed by atoms with E-state index >= 15 is 0 Å². The second-order valence-corrected chi connectivity index (χ2v) is 6.90. The van der Waals surface area contributed by atoms with Crippen molar-refractivity contribution in [3.63, 3.8) is 0 Å². The topological polar surface area (TPSA) is 71.8 Å². The monoisotopic (exact) mass is 325 g/mol. The number of hydrogen-bond donors (Lipinski definition) is 2. The molecule has 2 aliphatic rings. The number of nitrogens with one attached hydrogen (secondary N) is 2. The molecule has 126 valence electrons. The summed E-state index contributed by atoms with van der Waals surface area (Å²) in [6, 6.07) is 10.2. The van der Waals surface area contributed by atoms with Gasteiger partial charge in [0.1, 0.15) is 12.7 Å². The highest BCUT2D eigenvalue weighted by Crippen LogP contribution is 2.44. The molecule has 2 amide bonds. The van der Waals surface area contributed by atoms with Gasteiger partial charge in [0.2, 0.25) is 0 Å². The van der Waals surface area contributed by atoms with Crippen molar-refractivity contribution in [2.45, 2.75) is 44.3 Å². The number of carbonyl (C=O) groups excluding carboxylic acids is 1. The Balaban J connectivity index is 1.43. The molecule has 2 N–H and O–H groups in total. The van der Waals surface area contributed by atoms with Crippen LogP contribution >= 0.6 is 0 Å². The summed E-state index contributed by atoms with van der Waals surface area (Å²) in [6.45, 7) is 0.564. The van der Waals surface area contributed by atoms with Gasteiger partial charge in [0.15, 0.2) is 0 Å². The van der Waals surface area contributed by atoms with Crippen molar-refractivity contribution >= 4 is 6.03 Å². The van der Waals surface area contributed by atoms with E-state index < -0.39 is 0 Å². The Labute approximate surface area is 141 Å². The standard InChI is InChI=1S/C18H23N5O/c24-18(22-17(14-6-7-14)15-8-9-15)21-16(10-23-12-19-11-20-23)13-4-2-1-3-5-13/h1-5,11-12,14-17H,6-10H2,(H2,21,22,24)/t16-/m0/s1. The maximum atomic E-state index is 12.6. The Morgan fingerprint density at radius 2 is 1.83 bits per heavy atom. The summed E-state index contributed by atoms with van der Waals surface area (Å²) in [4.78, 5) is 16.5. The molecule has 2 aliphatic carbocycles. The van der Waals surface area contributed by atoms with Gasteiger partial charge in [-0.05, 0) is 43.1 Å². The van der Waals surface area contributed by atoms with E-state index in [0.29, 0.717) is 24.4 Å². The van der Waals surface area contributed by atoms with Gasteiger partial charge in [-0.1, -0.05) is 30.3 Å². The van der Waals surface area contributed by atoms with Gasteiger partial charge in [-0.3, -0.25) is 4.68 Å². The third kappa shape index (κ3) is 3.75. The molecule has 1 atom stereocenters. The van der Waals surface area contributed by atoms with Crippen LogP contribution < -0.4 is 10.6 Å². The van der Waals surface area contributed by atoms with Gasteiger partial charge in [0.25, 0.3) is 0 Å². The Morgan fingerprint density at radius 3 is 2.42 bits per heavy atom. The Morgan fingerprint density at radius 1 is 1.12 bits per heavy atom. The summed E-state index contributed by atoms with van der Waals surface area (Å²) in [5, 5.41) is 10.5. The molecular formula is C18H23N5O. The first-order chi connectivity index (χ1) is 11.8. The maximum Gasteiger partial charge on any atom is 0.315 e. The van der Waals surface area contributed by atoms with Crippen molar-refractivity contribution in [2.75, 3.05) is 0 Å². The van der Waals surface area contributed by atoms with Gasteiger partial charge in [0, 0.05) is 6.04 Å². The molecule has 1 aromatic heterocycles. The van der Waals surface area contributed by atoms with Crippen LogP contribution in [0.25, 0.3) is 0 Å². The SMILES string of the molecule is O=C(NC(C1CC1)C1CC1)N[C@@H](Cn1cncn1)c1ccccc1. The van der Waals surface area contributed by atoms with Gasteiger partial charge in [-0.15, -0.1) is 0 Å². The normalized spacial score (nSPS) is 18.4. The van der Waals surface area contributed by atoms with Crippen LogP contribution in [0.5, 0.6) is 0 Å². The quantitative estimate of drug-likeness (QED) is 0.821. The number of carbonyl (C=O) groups is 1. The number of rotatable bonds is 7. The summed E-state index contributed by atoms with van der Waals surface area (Å²) in [6.07, 6.45) is 8.20. The minimum Gasteiger partial charge on any atom is -0.335 e. The van der Waals surface area contributed by atoms with Crippen molar-refractivity contribution in [3.05, 3.63) is 48.5 Å². The molecule has 0 unspecified atom stereocenters. The number of hydrogen-bond acceptors (Lipinski definition) is 3. The minimum absolute atomic E-state index is 0.0761. The van der Waals surface area contributed by atoms with E-state index in [1.54, 1.807) is 11.0 Å². The summed E-state index contributed by atoms with van der Waals surface area (Å²) in [7, 11) is 0. The van der Waals surface area contributed by atoms with E-state index in [0.717, 1.165) is 5.56 Å². The molecule has 2 saturated carbocycles. The first-order valence-corrected chi connectivity index (χ1v) is 8.74. The highest BCUT2D eigenvalue weighted by Gasteiger charge is 2.42. The first kappa shape index (κ1) is 15.2. The number of nitrogens with zero attached hydrogens (tertiary/aromatic N) is 3. The van der Waals surface area contributed by atoms with Crippen LogP contribution in [-0.2, 0) is 6.54 Å². The predicted octanol–water partition coefficient (Wildman–Crippen LogP) is 2.51. The van der Waals surface area contributed by atoms with Gasteiger partial charge in [0.05, 0.1) is 12.6 Å². The molecule has 0 bridgehead atoms. The van der Waals surface area contributed by atoms with E-state index in [-0.39, 0.29) is 12.1 Å². The molecule has 0 spiro atoms. The van der Waals surface area contributed by atoms with E-state index in [4.69, 9.17) is 0 Å². The number of benzene rings is 1. The first-order valence-electron chi connectivity index (χ1n) is 8.74. The molecule has 0 saturated heterocycles. The fraction of sp³-hybridized carbons (Fsp3) is 0.500. The van der Waals surface area contributed by atoms with E-state index in [1.807, 2.05) is 30.3 Å². The third-order valence-corrected chi connectivity index (χ3v) is 4.90. The van der Waals surface area contributed by atoms with Crippen molar-refractivity contribution < 1.29 is 4.79 Å². The van der Waals surface area contributed by atoms with Crippen molar-refractivity contribution in [2.24, 2.45) is 11.8 Å². The maximum absolute atomic E-state index is 12.6. The predicted molar refractivity (Wildman–Crippen MR) is 90.1 cm³/mol. The van der Waals surface area contributed by atoms with E-state index in [2.05, 4.69) is 20.7 Å². The number of aromatic nitrogens is 3. The fourth-order valence-electron chi connectivity index (χ4n) is 3.32. The zero-order valence-corrected chi connectivity index (χ0v) is 13.6. The molecule has 6 nitrogen and oxygen atoms in total. The van der Waals surface area contributed by atoms with Crippen LogP contribution in [0.1, 0.15) is 37.3 Å². The van der Waals surface area contributed by atoms with Gasteiger partial charge in [-0.2, -0.15) is 5.10 Å². The van der Waals surface area contributed by atoms with Crippen molar-refractivity contribution in [3.8, 4) is 0 Å². The minimum atomic E-state index is -0.132.